The molecule has 3 aliphatic heterocycles. The Morgan fingerprint density at radius 2 is 1.96 bits per heavy atom. The highest BCUT2D eigenvalue weighted by molar-refractivity contribution is 5.74. The molecule has 6 nitrogen and oxygen atoms in total. The van der Waals surface area contributed by atoms with Crippen molar-refractivity contribution >= 4 is 6.03 Å². The molecule has 3 aliphatic rings. The van der Waals surface area contributed by atoms with Gasteiger partial charge in [0.15, 0.2) is 0 Å². The quantitative estimate of drug-likeness (QED) is 0.829. The standard InChI is InChI=1S/C20H29N3O3/c24-19(22-11-3-4-12-22)23-13-8-20(9-14-23)17(7-16-26-20)6-15-25-18-5-1-2-10-21-18/h1-2,5,10,17H,3-4,6-9,11-16H2. The molecule has 0 radical (unpaired) electrons. The molecule has 0 aromatic carbocycles. The lowest BCUT2D eigenvalue weighted by molar-refractivity contribution is -0.0646. The van der Waals surface area contributed by atoms with E-state index in [1.807, 2.05) is 28.0 Å². The summed E-state index contributed by atoms with van der Waals surface area (Å²) in [7, 11) is 0. The van der Waals surface area contributed by atoms with E-state index in [1.165, 1.54) is 0 Å². The summed E-state index contributed by atoms with van der Waals surface area (Å²) in [6, 6.07) is 5.95. The van der Waals surface area contributed by atoms with E-state index in [-0.39, 0.29) is 11.6 Å². The lowest BCUT2D eigenvalue weighted by Gasteiger charge is -2.43. The Morgan fingerprint density at radius 3 is 2.69 bits per heavy atom. The van der Waals surface area contributed by atoms with Crippen molar-refractivity contribution in [2.75, 3.05) is 39.4 Å². The largest absolute Gasteiger partial charge is 0.478 e. The van der Waals surface area contributed by atoms with Crippen LogP contribution in [0, 0.1) is 5.92 Å². The molecule has 0 aliphatic carbocycles. The van der Waals surface area contributed by atoms with Crippen molar-refractivity contribution in [2.45, 2.75) is 44.1 Å². The molecular formula is C20H29N3O3. The van der Waals surface area contributed by atoms with E-state index in [0.717, 1.165) is 71.3 Å². The second-order valence-corrected chi connectivity index (χ2v) is 7.67. The number of likely N-dealkylation sites (tertiary alicyclic amines) is 2. The Balaban J connectivity index is 1.28. The first-order valence-electron chi connectivity index (χ1n) is 9.98. The second-order valence-electron chi connectivity index (χ2n) is 7.67. The molecule has 3 fully saturated rings. The molecule has 0 bridgehead atoms. The normalized spacial score (nSPS) is 25.0. The zero-order chi connectivity index (χ0) is 17.8. The first-order chi connectivity index (χ1) is 12.8. The van der Waals surface area contributed by atoms with Gasteiger partial charge in [0.05, 0.1) is 12.2 Å². The Kier molecular flexibility index (Phi) is 5.29. The van der Waals surface area contributed by atoms with Crippen LogP contribution in [0.5, 0.6) is 5.88 Å². The number of hydrogen-bond donors (Lipinski definition) is 0. The summed E-state index contributed by atoms with van der Waals surface area (Å²) < 4.78 is 12.0. The zero-order valence-corrected chi connectivity index (χ0v) is 15.4. The molecule has 1 atom stereocenters. The van der Waals surface area contributed by atoms with Gasteiger partial charge in [-0.25, -0.2) is 9.78 Å². The molecular weight excluding hydrogens is 330 g/mol. The highest BCUT2D eigenvalue weighted by Gasteiger charge is 2.46. The van der Waals surface area contributed by atoms with E-state index in [9.17, 15) is 4.79 Å². The van der Waals surface area contributed by atoms with Crippen LogP contribution in [-0.4, -0.2) is 65.8 Å². The first-order valence-corrected chi connectivity index (χ1v) is 9.98. The third kappa shape index (κ3) is 3.65. The van der Waals surface area contributed by atoms with Gasteiger partial charge in [0, 0.05) is 45.0 Å². The van der Waals surface area contributed by atoms with Crippen LogP contribution >= 0.6 is 0 Å². The first kappa shape index (κ1) is 17.6. The van der Waals surface area contributed by atoms with E-state index in [1.54, 1.807) is 6.20 Å². The fourth-order valence-electron chi connectivity index (χ4n) is 4.67. The monoisotopic (exact) mass is 359 g/mol. The molecule has 1 spiro atoms. The van der Waals surface area contributed by atoms with Crippen LogP contribution in [0.2, 0.25) is 0 Å². The molecule has 0 N–H and O–H groups in total. The van der Waals surface area contributed by atoms with Crippen LogP contribution in [0.25, 0.3) is 0 Å². The number of urea groups is 1. The van der Waals surface area contributed by atoms with Gasteiger partial charge in [-0.05, 0) is 50.5 Å². The number of amides is 2. The Morgan fingerprint density at radius 1 is 1.19 bits per heavy atom. The Labute approximate surface area is 155 Å². The van der Waals surface area contributed by atoms with Crippen LogP contribution in [0.3, 0.4) is 0 Å². The van der Waals surface area contributed by atoms with Crippen LogP contribution in [0.4, 0.5) is 4.79 Å². The molecule has 1 unspecified atom stereocenters. The van der Waals surface area contributed by atoms with Gasteiger partial charge < -0.3 is 19.3 Å². The van der Waals surface area contributed by atoms with Gasteiger partial charge in [-0.15, -0.1) is 0 Å². The lowest BCUT2D eigenvalue weighted by Crippen LogP contribution is -2.52. The van der Waals surface area contributed by atoms with Crippen molar-refractivity contribution in [1.82, 2.24) is 14.8 Å². The molecule has 4 rings (SSSR count). The maximum Gasteiger partial charge on any atom is 0.320 e. The topological polar surface area (TPSA) is 54.9 Å². The number of pyridine rings is 1. The Bertz CT molecular complexity index is 596. The predicted molar refractivity (Wildman–Crippen MR) is 98.1 cm³/mol. The summed E-state index contributed by atoms with van der Waals surface area (Å²) in [6.45, 7) is 4.96. The highest BCUT2D eigenvalue weighted by Crippen LogP contribution is 2.42. The number of hydrogen-bond acceptors (Lipinski definition) is 4. The van der Waals surface area contributed by atoms with Crippen molar-refractivity contribution in [3.05, 3.63) is 24.4 Å². The number of carbonyl (C=O) groups is 1. The van der Waals surface area contributed by atoms with E-state index < -0.39 is 0 Å². The van der Waals surface area contributed by atoms with Gasteiger partial charge in [0.1, 0.15) is 0 Å². The lowest BCUT2D eigenvalue weighted by atomic mass is 9.78. The second kappa shape index (κ2) is 7.82. The summed E-state index contributed by atoms with van der Waals surface area (Å²) in [5.41, 5.74) is -0.0603. The molecule has 2 amide bonds. The number of aromatic nitrogens is 1. The van der Waals surface area contributed by atoms with Crippen molar-refractivity contribution in [1.29, 1.82) is 0 Å². The van der Waals surface area contributed by atoms with E-state index >= 15 is 0 Å². The van der Waals surface area contributed by atoms with Gasteiger partial charge in [-0.1, -0.05) is 6.07 Å². The molecule has 1 aromatic rings. The molecule has 4 heterocycles. The number of carbonyl (C=O) groups excluding carboxylic acids is 1. The van der Waals surface area contributed by atoms with Crippen molar-refractivity contribution in [3.8, 4) is 5.88 Å². The minimum Gasteiger partial charge on any atom is -0.478 e. The zero-order valence-electron chi connectivity index (χ0n) is 15.4. The van der Waals surface area contributed by atoms with Gasteiger partial charge in [-0.2, -0.15) is 0 Å². The smallest absolute Gasteiger partial charge is 0.320 e. The van der Waals surface area contributed by atoms with Crippen molar-refractivity contribution in [3.63, 3.8) is 0 Å². The van der Waals surface area contributed by atoms with Crippen LogP contribution in [0.15, 0.2) is 24.4 Å². The summed E-state index contributed by atoms with van der Waals surface area (Å²) in [4.78, 5) is 20.8. The number of piperidine rings is 1. The maximum atomic E-state index is 12.6. The molecule has 142 valence electrons. The molecule has 26 heavy (non-hydrogen) atoms. The summed E-state index contributed by atoms with van der Waals surface area (Å²) in [6.07, 6.45) is 8.00. The highest BCUT2D eigenvalue weighted by atomic mass is 16.5. The molecule has 3 saturated heterocycles. The number of nitrogens with zero attached hydrogens (tertiary/aromatic N) is 3. The van der Waals surface area contributed by atoms with Gasteiger partial charge in [0.2, 0.25) is 5.88 Å². The SMILES string of the molecule is O=C(N1CCCC1)N1CCC2(CC1)OCCC2CCOc1ccccn1. The van der Waals surface area contributed by atoms with Gasteiger partial charge in [-0.3, -0.25) is 0 Å². The summed E-state index contributed by atoms with van der Waals surface area (Å²) >= 11 is 0. The predicted octanol–water partition coefficient (Wildman–Crippen LogP) is 2.94. The van der Waals surface area contributed by atoms with E-state index in [2.05, 4.69) is 4.98 Å². The average Bonchev–Trinajstić information content (AvgIpc) is 3.34. The van der Waals surface area contributed by atoms with Gasteiger partial charge >= 0.3 is 6.03 Å². The third-order valence-electron chi connectivity index (χ3n) is 6.21. The van der Waals surface area contributed by atoms with E-state index in [4.69, 9.17) is 9.47 Å². The molecule has 1 aromatic heterocycles. The van der Waals surface area contributed by atoms with Crippen LogP contribution in [0.1, 0.15) is 38.5 Å². The fourth-order valence-corrected chi connectivity index (χ4v) is 4.67. The van der Waals surface area contributed by atoms with Gasteiger partial charge in [0.25, 0.3) is 0 Å². The minimum absolute atomic E-state index is 0.0603. The summed E-state index contributed by atoms with van der Waals surface area (Å²) in [5, 5.41) is 0. The Hall–Kier alpha value is -1.82. The number of rotatable bonds is 4. The number of ether oxygens (including phenoxy) is 2. The minimum atomic E-state index is -0.0603. The average molecular weight is 359 g/mol. The summed E-state index contributed by atoms with van der Waals surface area (Å²) in [5.74, 6) is 1.20. The van der Waals surface area contributed by atoms with Crippen molar-refractivity contribution in [2.24, 2.45) is 5.92 Å². The fraction of sp³-hybridized carbons (Fsp3) is 0.700. The van der Waals surface area contributed by atoms with E-state index in [0.29, 0.717) is 18.4 Å². The molecule has 0 saturated carbocycles. The van der Waals surface area contributed by atoms with Crippen molar-refractivity contribution < 1.29 is 14.3 Å². The molecule has 6 heteroatoms. The van der Waals surface area contributed by atoms with Crippen LogP contribution in [-0.2, 0) is 4.74 Å². The maximum absolute atomic E-state index is 12.6. The van der Waals surface area contributed by atoms with Crippen LogP contribution < -0.4 is 4.74 Å². The third-order valence-corrected chi connectivity index (χ3v) is 6.21.